The van der Waals surface area contributed by atoms with Crippen LogP contribution in [-0.4, -0.2) is 73.2 Å². The fourth-order valence-electron chi connectivity index (χ4n) is 5.53. The standard InChI is InChI=1S/C9H14N2.C9H13NO.C9H13N.C8H13N3.C8H12N2O.C8H12N2.C7H11N3/c1-7(2)8-4-5-9(10-3)11-6-8;1-7(2)8-4-5-9(11-3)10-6-8;1-7(2)8-3-5-9(10)6-4-8;1-6(2)7-4-10-8(9-3)11-5-7;1-6(2)7-4-9-8(11-3)10-5-7;1-6(2)7-3-4-8(9)10-5-7;1-5(2)6-3-9-7(8)10-4-6/h4-7H,1-3H3,(H,10,11);4-7H,1-3H3;3-7H,10H2,1-2H3;4-6H,1-3H3,(H,9,10,11);4-6H,1-3H3;3-6H,1-2H3,(H2,9,10);3-5H,1-2H3,(H2,8,9,10). The van der Waals surface area contributed by atoms with Gasteiger partial charge >= 0.3 is 6.01 Å². The summed E-state index contributed by atoms with van der Waals surface area (Å²) in [6.07, 6.45) is 16.4. The number of nitrogens with two attached hydrogens (primary N) is 3. The highest BCUT2D eigenvalue weighted by atomic mass is 16.5. The van der Waals surface area contributed by atoms with Crippen molar-refractivity contribution < 1.29 is 9.47 Å². The quantitative estimate of drug-likeness (QED) is 0.0757. The Hall–Kier alpha value is -7.49. The SMILES string of the molecule is CC(C)c1ccc(N)cc1.CC(C)c1ccc(N)nc1.CC(C)c1cnc(N)nc1.CNc1ccc(C(C)C)cn1.CNc1ncc(C(C)C)cn1.COc1ccc(C(C)C)cn1.COc1ncc(C(C)C)cn1. The third-order valence-corrected chi connectivity index (χ3v) is 10.8. The first-order valence-electron chi connectivity index (χ1n) is 25.2. The Morgan fingerprint density at radius 2 is 0.716 bits per heavy atom. The summed E-state index contributed by atoms with van der Waals surface area (Å²) in [5, 5.41) is 5.85. The van der Waals surface area contributed by atoms with E-state index in [0.29, 0.717) is 71.0 Å². The van der Waals surface area contributed by atoms with Crippen molar-refractivity contribution in [3.05, 3.63) is 155 Å². The normalized spacial score (nSPS) is 10.2. The summed E-state index contributed by atoms with van der Waals surface area (Å²) in [5.74, 6) is 6.88. The van der Waals surface area contributed by atoms with Crippen LogP contribution in [0.3, 0.4) is 0 Å². The van der Waals surface area contributed by atoms with Gasteiger partial charge in [0.1, 0.15) is 11.6 Å². The Labute approximate surface area is 443 Å². The van der Waals surface area contributed by atoms with Crippen LogP contribution in [0.15, 0.2) is 116 Å². The van der Waals surface area contributed by atoms with Gasteiger partial charge in [0, 0.05) is 81.6 Å². The molecule has 0 aliphatic carbocycles. The van der Waals surface area contributed by atoms with E-state index in [-0.39, 0.29) is 0 Å². The monoisotopic (exact) mass is 1010 g/mol. The Kier molecular flexibility index (Phi) is 31.0. The number of ether oxygens (including phenoxy) is 2. The molecule has 1 aromatic carbocycles. The molecule has 0 spiro atoms. The Bertz CT molecular complexity index is 2140. The molecule has 402 valence electrons. The van der Waals surface area contributed by atoms with Gasteiger partial charge in [-0.15, -0.1) is 0 Å². The summed E-state index contributed by atoms with van der Waals surface area (Å²) in [6, 6.07) is 20.3. The van der Waals surface area contributed by atoms with E-state index in [1.165, 1.54) is 27.8 Å². The number of nitrogens with one attached hydrogen (secondary N) is 2. The molecule has 16 nitrogen and oxygen atoms in total. The highest BCUT2D eigenvalue weighted by molar-refractivity contribution is 5.40. The van der Waals surface area contributed by atoms with Crippen molar-refractivity contribution in [3.63, 3.8) is 0 Å². The van der Waals surface area contributed by atoms with Crippen LogP contribution in [-0.2, 0) is 0 Å². The lowest BCUT2D eigenvalue weighted by molar-refractivity contribution is 0.379. The molecule has 6 aromatic heterocycles. The second kappa shape index (κ2) is 35.6. The summed E-state index contributed by atoms with van der Waals surface area (Å²) >= 11 is 0. The zero-order valence-electron chi connectivity index (χ0n) is 47.6. The molecule has 0 saturated carbocycles. The van der Waals surface area contributed by atoms with E-state index in [1.54, 1.807) is 39.0 Å². The summed E-state index contributed by atoms with van der Waals surface area (Å²) in [7, 11) is 6.86. The molecule has 8 N–H and O–H groups in total. The van der Waals surface area contributed by atoms with E-state index in [0.717, 1.165) is 22.6 Å². The first-order valence-corrected chi connectivity index (χ1v) is 25.2. The van der Waals surface area contributed by atoms with E-state index in [9.17, 15) is 0 Å². The van der Waals surface area contributed by atoms with Crippen LogP contribution in [0.25, 0.3) is 0 Å². The predicted octanol–water partition coefficient (Wildman–Crippen LogP) is 13.1. The number of hydrogen-bond donors (Lipinski definition) is 5. The van der Waals surface area contributed by atoms with Crippen LogP contribution >= 0.6 is 0 Å². The number of aromatic nitrogens is 9. The molecule has 0 radical (unpaired) electrons. The third kappa shape index (κ3) is 26.8. The molecular weight excluding hydrogens is 925 g/mol. The number of methoxy groups -OCH3 is 2. The molecule has 0 aliphatic rings. The van der Waals surface area contributed by atoms with E-state index >= 15 is 0 Å². The predicted molar refractivity (Wildman–Crippen MR) is 309 cm³/mol. The molecule has 7 rings (SSSR count). The van der Waals surface area contributed by atoms with Gasteiger partial charge in [-0.1, -0.05) is 127 Å². The number of nitrogen functional groups attached to an aromatic ring is 3. The fraction of sp³-hybridized carbons (Fsp3) is 0.431. The van der Waals surface area contributed by atoms with Gasteiger partial charge in [-0.05, 0) is 105 Å². The van der Waals surface area contributed by atoms with Gasteiger partial charge in [0.15, 0.2) is 0 Å². The van der Waals surface area contributed by atoms with Crippen molar-refractivity contribution in [3.8, 4) is 11.9 Å². The van der Waals surface area contributed by atoms with Crippen LogP contribution in [0.5, 0.6) is 11.9 Å². The molecule has 0 fully saturated rings. The van der Waals surface area contributed by atoms with Gasteiger partial charge in [0.2, 0.25) is 17.8 Å². The van der Waals surface area contributed by atoms with Crippen LogP contribution in [0.1, 0.15) is 177 Å². The average Bonchev–Trinajstić information content (AvgIpc) is 3.40. The smallest absolute Gasteiger partial charge is 0.316 e. The maximum Gasteiger partial charge on any atom is 0.316 e. The van der Waals surface area contributed by atoms with Crippen LogP contribution in [0, 0.1) is 0 Å². The van der Waals surface area contributed by atoms with Crippen molar-refractivity contribution in [1.82, 2.24) is 44.9 Å². The molecule has 0 atom stereocenters. The van der Waals surface area contributed by atoms with Gasteiger partial charge in [-0.3, -0.25) is 0 Å². The summed E-state index contributed by atoms with van der Waals surface area (Å²) in [4.78, 5) is 36.2. The molecule has 16 heteroatoms. The minimum Gasteiger partial charge on any atom is -0.481 e. The van der Waals surface area contributed by atoms with Crippen LogP contribution in [0.2, 0.25) is 0 Å². The van der Waals surface area contributed by atoms with Gasteiger partial charge in [-0.2, -0.15) is 0 Å². The number of anilines is 5. The minimum atomic E-state index is 0.337. The second-order valence-electron chi connectivity index (χ2n) is 19.1. The van der Waals surface area contributed by atoms with Gasteiger partial charge < -0.3 is 37.3 Å². The lowest BCUT2D eigenvalue weighted by Crippen LogP contribution is -1.97. The van der Waals surface area contributed by atoms with Gasteiger partial charge in [0.05, 0.1) is 14.2 Å². The zero-order chi connectivity index (χ0) is 55.8. The number of nitrogens with zero attached hydrogens (tertiary/aromatic N) is 9. The molecule has 0 bridgehead atoms. The average molecular weight is 1010 g/mol. The van der Waals surface area contributed by atoms with Crippen LogP contribution in [0.4, 0.5) is 29.2 Å². The molecule has 74 heavy (non-hydrogen) atoms. The van der Waals surface area contributed by atoms with Gasteiger partial charge in [-0.25, -0.2) is 44.9 Å². The number of hydrogen-bond acceptors (Lipinski definition) is 16. The maximum atomic E-state index is 5.53. The molecule has 0 saturated heterocycles. The molecule has 7 aromatic rings. The van der Waals surface area contributed by atoms with E-state index in [4.69, 9.17) is 26.7 Å². The highest BCUT2D eigenvalue weighted by Crippen LogP contribution is 2.18. The topological polar surface area (TPSA) is 237 Å². The first-order chi connectivity index (χ1) is 35.0. The van der Waals surface area contributed by atoms with Crippen molar-refractivity contribution in [2.75, 3.05) is 56.1 Å². The molecular formula is C58H88N14O2. The second-order valence-corrected chi connectivity index (χ2v) is 19.1. The Morgan fingerprint density at radius 1 is 0.351 bits per heavy atom. The van der Waals surface area contributed by atoms with Crippen molar-refractivity contribution in [1.29, 1.82) is 0 Å². The van der Waals surface area contributed by atoms with Crippen molar-refractivity contribution >= 4 is 29.2 Å². The third-order valence-electron chi connectivity index (χ3n) is 10.8. The van der Waals surface area contributed by atoms with Crippen molar-refractivity contribution in [2.24, 2.45) is 0 Å². The number of benzene rings is 1. The Morgan fingerprint density at radius 3 is 1.04 bits per heavy atom. The van der Waals surface area contributed by atoms with E-state index in [1.807, 2.05) is 87.5 Å². The molecule has 0 unspecified atom stereocenters. The summed E-state index contributed by atoms with van der Waals surface area (Å²) < 4.78 is 9.76. The van der Waals surface area contributed by atoms with Crippen LogP contribution < -0.4 is 37.3 Å². The van der Waals surface area contributed by atoms with E-state index < -0.39 is 0 Å². The molecule has 0 aliphatic heterocycles. The minimum absolute atomic E-state index is 0.337. The lowest BCUT2D eigenvalue weighted by atomic mass is 10.0. The van der Waals surface area contributed by atoms with E-state index in [2.05, 4.69) is 171 Å². The fourth-order valence-corrected chi connectivity index (χ4v) is 5.53. The molecule has 6 heterocycles. The Balaban J connectivity index is 0.000000432. The zero-order valence-corrected chi connectivity index (χ0v) is 47.6. The highest BCUT2D eigenvalue weighted by Gasteiger charge is 2.03. The first kappa shape index (κ1) is 64.5. The van der Waals surface area contributed by atoms with Crippen molar-refractivity contribution in [2.45, 2.75) is 138 Å². The number of pyridine rings is 3. The summed E-state index contributed by atoms with van der Waals surface area (Å²) in [6.45, 7) is 29.9. The number of rotatable bonds is 11. The lowest BCUT2D eigenvalue weighted by Gasteiger charge is -2.04. The van der Waals surface area contributed by atoms with Gasteiger partial charge in [0.25, 0.3) is 0 Å². The maximum absolute atomic E-state index is 5.53. The molecule has 0 amide bonds. The summed E-state index contributed by atoms with van der Waals surface area (Å²) in [5.41, 5.74) is 25.6. The largest absolute Gasteiger partial charge is 0.481 e.